The highest BCUT2D eigenvalue weighted by Gasteiger charge is 2.15. The number of halogens is 1. The van der Waals surface area contributed by atoms with Crippen molar-refractivity contribution < 1.29 is 18.7 Å². The van der Waals surface area contributed by atoms with Crippen molar-refractivity contribution in [2.24, 2.45) is 0 Å². The van der Waals surface area contributed by atoms with Gasteiger partial charge in [-0.1, -0.05) is 0 Å². The van der Waals surface area contributed by atoms with Crippen LogP contribution in [-0.4, -0.2) is 44.2 Å². The van der Waals surface area contributed by atoms with Gasteiger partial charge in [0.15, 0.2) is 11.6 Å². The number of benzene rings is 1. The maximum absolute atomic E-state index is 14.0. The number of imidazole rings is 2. The number of aryl methyl sites for hydroxylation is 1. The smallest absolute Gasteiger partial charge is 0.412 e. The molecule has 0 aliphatic rings. The Morgan fingerprint density at radius 2 is 1.74 bits per heavy atom. The molecule has 0 unspecified atom stereocenters. The Labute approximate surface area is 199 Å². The predicted molar refractivity (Wildman–Crippen MR) is 128 cm³/mol. The number of carbonyl (C=O) groups excluding carboxylic acids is 1. The fourth-order valence-corrected chi connectivity index (χ4v) is 3.88. The lowest BCUT2D eigenvalue weighted by atomic mass is 10.1. The van der Waals surface area contributed by atoms with Crippen LogP contribution in [0.25, 0.3) is 33.8 Å². The van der Waals surface area contributed by atoms with E-state index in [-0.39, 0.29) is 5.75 Å². The number of ether oxygens (including phenoxy) is 2. The molecule has 0 saturated carbocycles. The lowest BCUT2D eigenvalue weighted by molar-refractivity contribution is 0.187. The third kappa shape index (κ3) is 4.05. The van der Waals surface area contributed by atoms with Gasteiger partial charge in [-0.05, 0) is 49.4 Å². The second kappa shape index (κ2) is 8.90. The van der Waals surface area contributed by atoms with Crippen molar-refractivity contribution >= 4 is 17.6 Å². The van der Waals surface area contributed by atoms with Crippen molar-refractivity contribution in [3.8, 4) is 34.0 Å². The summed E-state index contributed by atoms with van der Waals surface area (Å²) in [5, 5.41) is 2.53. The van der Waals surface area contributed by atoms with Gasteiger partial charge in [-0.3, -0.25) is 14.3 Å². The number of carbonyl (C=O) groups is 1. The zero-order valence-corrected chi connectivity index (χ0v) is 19.2. The van der Waals surface area contributed by atoms with Gasteiger partial charge < -0.3 is 9.47 Å². The Morgan fingerprint density at radius 3 is 2.49 bits per heavy atom. The summed E-state index contributed by atoms with van der Waals surface area (Å²) < 4.78 is 27.7. The van der Waals surface area contributed by atoms with E-state index >= 15 is 0 Å². The standard InChI is InChI=1S/C25H21FN6O3/c1-15-27-13-21(16-4-7-19(26)22(10-16)34-2)32(15)18-6-9-24-29-12-20(31(24)14-18)17-5-8-23(28-11-17)30-25(33)35-3/h4-14H,1-3H3,(H,28,30,33). The number of fused-ring (bicyclic) bond motifs is 1. The highest BCUT2D eigenvalue weighted by molar-refractivity contribution is 5.83. The highest BCUT2D eigenvalue weighted by Crippen LogP contribution is 2.30. The molecule has 0 radical (unpaired) electrons. The molecule has 0 aliphatic heterocycles. The number of pyridine rings is 2. The maximum Gasteiger partial charge on any atom is 0.412 e. The Balaban J connectivity index is 1.56. The van der Waals surface area contributed by atoms with Gasteiger partial charge in [0.1, 0.15) is 17.3 Å². The minimum atomic E-state index is -0.588. The third-order valence-corrected chi connectivity index (χ3v) is 5.61. The van der Waals surface area contributed by atoms with Crippen LogP contribution in [0.1, 0.15) is 5.82 Å². The van der Waals surface area contributed by atoms with Gasteiger partial charge in [0.25, 0.3) is 0 Å². The van der Waals surface area contributed by atoms with Crippen molar-refractivity contribution in [3.63, 3.8) is 0 Å². The van der Waals surface area contributed by atoms with Crippen LogP contribution in [0, 0.1) is 12.7 Å². The van der Waals surface area contributed by atoms with Crippen molar-refractivity contribution in [2.75, 3.05) is 19.5 Å². The average molecular weight is 472 g/mol. The minimum Gasteiger partial charge on any atom is -0.494 e. The number of anilines is 1. The largest absolute Gasteiger partial charge is 0.494 e. The zero-order valence-electron chi connectivity index (χ0n) is 19.2. The molecule has 1 N–H and O–H groups in total. The number of aromatic nitrogens is 5. The quantitative estimate of drug-likeness (QED) is 0.392. The fraction of sp³-hybridized carbons (Fsp3) is 0.120. The van der Waals surface area contributed by atoms with Crippen LogP contribution < -0.4 is 10.1 Å². The molecule has 35 heavy (non-hydrogen) atoms. The molecule has 1 aromatic carbocycles. The molecule has 1 amide bonds. The van der Waals surface area contributed by atoms with E-state index in [2.05, 4.69) is 25.0 Å². The van der Waals surface area contributed by atoms with E-state index in [1.807, 2.05) is 40.3 Å². The van der Waals surface area contributed by atoms with E-state index in [9.17, 15) is 9.18 Å². The van der Waals surface area contributed by atoms with E-state index in [4.69, 9.17) is 4.74 Å². The van der Waals surface area contributed by atoms with E-state index in [0.29, 0.717) is 5.82 Å². The van der Waals surface area contributed by atoms with Crippen molar-refractivity contribution in [3.05, 3.63) is 78.9 Å². The molecule has 0 bridgehead atoms. The Bertz CT molecular complexity index is 1540. The molecule has 0 fully saturated rings. The molecular weight excluding hydrogens is 451 g/mol. The monoisotopic (exact) mass is 472 g/mol. The molecule has 4 heterocycles. The number of hydrogen-bond acceptors (Lipinski definition) is 6. The van der Waals surface area contributed by atoms with Gasteiger partial charge in [-0.25, -0.2) is 24.1 Å². The van der Waals surface area contributed by atoms with Gasteiger partial charge in [-0.15, -0.1) is 0 Å². The number of nitrogens with zero attached hydrogens (tertiary/aromatic N) is 5. The van der Waals surface area contributed by atoms with E-state index in [1.54, 1.807) is 36.8 Å². The summed E-state index contributed by atoms with van der Waals surface area (Å²) in [6, 6.07) is 12.1. The van der Waals surface area contributed by atoms with Gasteiger partial charge in [0, 0.05) is 23.5 Å². The van der Waals surface area contributed by atoms with Crippen LogP contribution in [0.4, 0.5) is 15.0 Å². The average Bonchev–Trinajstić information content (AvgIpc) is 3.47. The SMILES string of the molecule is COC(=O)Nc1ccc(-c2cnc3ccc(-n4c(-c5ccc(F)c(OC)c5)cnc4C)cn23)cn1. The molecule has 4 aromatic heterocycles. The fourth-order valence-electron chi connectivity index (χ4n) is 3.88. The first-order chi connectivity index (χ1) is 17.0. The summed E-state index contributed by atoms with van der Waals surface area (Å²) >= 11 is 0. The van der Waals surface area contributed by atoms with Crippen LogP contribution in [-0.2, 0) is 4.74 Å². The second-order valence-corrected chi connectivity index (χ2v) is 7.68. The second-order valence-electron chi connectivity index (χ2n) is 7.68. The van der Waals surface area contributed by atoms with Crippen molar-refractivity contribution in [2.45, 2.75) is 6.92 Å². The molecule has 176 valence electrons. The van der Waals surface area contributed by atoms with Crippen LogP contribution in [0.15, 0.2) is 67.3 Å². The van der Waals surface area contributed by atoms with Gasteiger partial charge >= 0.3 is 6.09 Å². The summed E-state index contributed by atoms with van der Waals surface area (Å²) in [5.41, 5.74) is 4.80. The number of amides is 1. The van der Waals surface area contributed by atoms with Crippen molar-refractivity contribution in [1.82, 2.24) is 23.9 Å². The first kappa shape index (κ1) is 22.1. The third-order valence-electron chi connectivity index (χ3n) is 5.61. The van der Waals surface area contributed by atoms with Gasteiger partial charge in [0.2, 0.25) is 0 Å². The Morgan fingerprint density at radius 1 is 0.943 bits per heavy atom. The molecular formula is C25H21FN6O3. The molecule has 0 aliphatic carbocycles. The first-order valence-corrected chi connectivity index (χ1v) is 10.7. The van der Waals surface area contributed by atoms with Gasteiger partial charge in [0.05, 0.1) is 43.7 Å². The molecule has 0 saturated heterocycles. The predicted octanol–water partition coefficient (Wildman–Crippen LogP) is 4.88. The summed E-state index contributed by atoms with van der Waals surface area (Å²) in [5.74, 6) is 0.885. The van der Waals surface area contributed by atoms with Crippen LogP contribution in [0.3, 0.4) is 0 Å². The molecule has 5 rings (SSSR count). The summed E-state index contributed by atoms with van der Waals surface area (Å²) in [6.07, 6.45) is 6.53. The molecule has 9 nitrogen and oxygen atoms in total. The zero-order chi connectivity index (χ0) is 24.5. The van der Waals surface area contributed by atoms with Crippen LogP contribution >= 0.6 is 0 Å². The van der Waals surface area contributed by atoms with E-state index in [1.165, 1.54) is 20.3 Å². The number of rotatable bonds is 5. The van der Waals surface area contributed by atoms with Crippen LogP contribution in [0.2, 0.25) is 0 Å². The Kier molecular flexibility index (Phi) is 5.61. The maximum atomic E-state index is 14.0. The van der Waals surface area contributed by atoms with Crippen LogP contribution in [0.5, 0.6) is 5.75 Å². The number of methoxy groups -OCH3 is 2. The number of hydrogen-bond donors (Lipinski definition) is 1. The lowest BCUT2D eigenvalue weighted by Crippen LogP contribution is -2.11. The minimum absolute atomic E-state index is 0.165. The first-order valence-electron chi connectivity index (χ1n) is 10.7. The topological polar surface area (TPSA) is 95.6 Å². The summed E-state index contributed by atoms with van der Waals surface area (Å²) in [7, 11) is 2.73. The molecule has 5 aromatic rings. The number of nitrogens with one attached hydrogen (secondary N) is 1. The molecule has 0 spiro atoms. The summed E-state index contributed by atoms with van der Waals surface area (Å²) in [6.45, 7) is 1.90. The lowest BCUT2D eigenvalue weighted by Gasteiger charge is -2.13. The normalized spacial score (nSPS) is 11.0. The summed E-state index contributed by atoms with van der Waals surface area (Å²) in [4.78, 5) is 24.7. The van der Waals surface area contributed by atoms with E-state index < -0.39 is 11.9 Å². The van der Waals surface area contributed by atoms with E-state index in [0.717, 1.165) is 39.7 Å². The molecule has 10 heteroatoms. The molecule has 0 atom stereocenters. The highest BCUT2D eigenvalue weighted by atomic mass is 19.1. The van der Waals surface area contributed by atoms with Crippen molar-refractivity contribution in [1.29, 1.82) is 0 Å². The Hall–Kier alpha value is -4.73. The van der Waals surface area contributed by atoms with Gasteiger partial charge in [-0.2, -0.15) is 0 Å².